The number of carbonyl (C=O) groups is 1. The van der Waals surface area contributed by atoms with Crippen molar-refractivity contribution in [3.8, 4) is 0 Å². The highest BCUT2D eigenvalue weighted by atomic mass is 35.5. The zero-order valence-electron chi connectivity index (χ0n) is 15.2. The van der Waals surface area contributed by atoms with Crippen LogP contribution in [0.5, 0.6) is 0 Å². The summed E-state index contributed by atoms with van der Waals surface area (Å²) in [6.45, 7) is 0.951. The number of pyridine rings is 2. The van der Waals surface area contributed by atoms with Crippen LogP contribution >= 0.6 is 23.2 Å². The van der Waals surface area contributed by atoms with Gasteiger partial charge in [0, 0.05) is 44.9 Å². The fourth-order valence-corrected chi connectivity index (χ4v) is 3.73. The fourth-order valence-electron chi connectivity index (χ4n) is 3.30. The fraction of sp³-hybridized carbons (Fsp3) is 0.316. The lowest BCUT2D eigenvalue weighted by Gasteiger charge is -2.31. The van der Waals surface area contributed by atoms with Crippen molar-refractivity contribution in [1.29, 1.82) is 0 Å². The molecule has 6 nitrogen and oxygen atoms in total. The van der Waals surface area contributed by atoms with Crippen molar-refractivity contribution in [2.24, 2.45) is 0 Å². The lowest BCUT2D eigenvalue weighted by Crippen LogP contribution is -2.38. The Balaban J connectivity index is 1.59. The third kappa shape index (κ3) is 4.34. The zero-order valence-corrected chi connectivity index (χ0v) is 16.7. The summed E-state index contributed by atoms with van der Waals surface area (Å²) in [4.78, 5) is 23.3. The van der Waals surface area contributed by atoms with E-state index in [-0.39, 0.29) is 42.6 Å². The van der Waals surface area contributed by atoms with E-state index in [4.69, 9.17) is 23.2 Å². The van der Waals surface area contributed by atoms with Crippen LogP contribution in [0.2, 0.25) is 10.0 Å². The number of amides is 1. The van der Waals surface area contributed by atoms with Gasteiger partial charge in [-0.15, -0.1) is 0 Å². The number of rotatable bonds is 4. The van der Waals surface area contributed by atoms with Crippen LogP contribution in [0, 0.1) is 0 Å². The van der Waals surface area contributed by atoms with Gasteiger partial charge in [0.05, 0.1) is 21.3 Å². The second-order valence-electron chi connectivity index (χ2n) is 6.91. The number of nitrogens with one attached hydrogen (secondary N) is 1. The number of halogens is 4. The van der Waals surface area contributed by atoms with E-state index in [0.717, 1.165) is 5.52 Å². The number of likely N-dealkylation sites (tertiary alicyclic amines) is 1. The highest BCUT2D eigenvalue weighted by Gasteiger charge is 2.34. The number of piperidine rings is 1. The number of hydrogen-bond acceptors (Lipinski definition) is 4. The van der Waals surface area contributed by atoms with E-state index in [2.05, 4.69) is 15.3 Å². The van der Waals surface area contributed by atoms with Crippen molar-refractivity contribution in [2.45, 2.75) is 25.3 Å². The Hall–Kier alpha value is -2.29. The molecule has 1 aliphatic rings. The number of carbonyl (C=O) groups excluding carboxylic acids is 1. The summed E-state index contributed by atoms with van der Waals surface area (Å²) in [5.41, 5.74) is 1.39. The third-order valence-corrected chi connectivity index (χ3v) is 5.32. The summed E-state index contributed by atoms with van der Waals surface area (Å²) >= 11 is 11.9. The molecular formula is C19H17Cl2F2N5O. The van der Waals surface area contributed by atoms with E-state index < -0.39 is 11.8 Å². The highest BCUT2D eigenvalue weighted by Crippen LogP contribution is 2.29. The summed E-state index contributed by atoms with van der Waals surface area (Å²) in [6, 6.07) is 6.94. The van der Waals surface area contributed by atoms with Gasteiger partial charge in [-0.1, -0.05) is 29.3 Å². The number of fused-ring (bicyclic) bond motifs is 1. The zero-order chi connectivity index (χ0) is 20.6. The third-order valence-electron chi connectivity index (χ3n) is 4.83. The molecule has 0 bridgehead atoms. The predicted octanol–water partition coefficient (Wildman–Crippen LogP) is 4.52. The average molecular weight is 440 g/mol. The summed E-state index contributed by atoms with van der Waals surface area (Å²) in [6.07, 6.45) is 2.76. The SMILES string of the molecule is O=C(Nc1ncc(Cl)cc1Cl)c1nc(CN2CCC(F)(F)CC2)c2ccccn12. The van der Waals surface area contributed by atoms with E-state index in [1.165, 1.54) is 12.3 Å². The standard InChI is InChI=1S/C19H17Cl2F2N5O/c20-12-9-13(21)16(24-10-12)26-18(29)17-25-14(15-3-1-2-6-28(15)17)11-27-7-4-19(22,23)5-8-27/h1-3,6,9-10H,4-5,7-8,11H2,(H,24,26,29). The molecule has 3 aromatic rings. The lowest BCUT2D eigenvalue weighted by molar-refractivity contribution is -0.0567. The summed E-state index contributed by atoms with van der Waals surface area (Å²) in [5, 5.41) is 3.20. The van der Waals surface area contributed by atoms with Crippen molar-refractivity contribution in [3.05, 3.63) is 58.2 Å². The molecule has 1 aliphatic heterocycles. The first-order valence-corrected chi connectivity index (χ1v) is 9.76. The van der Waals surface area contributed by atoms with Crippen molar-refractivity contribution < 1.29 is 13.6 Å². The van der Waals surface area contributed by atoms with Crippen LogP contribution in [0.4, 0.5) is 14.6 Å². The number of anilines is 1. The molecule has 0 spiro atoms. The maximum Gasteiger partial charge on any atom is 0.293 e. The number of nitrogens with zero attached hydrogens (tertiary/aromatic N) is 4. The number of imidazole rings is 1. The maximum absolute atomic E-state index is 13.4. The Kier molecular flexibility index (Phi) is 5.42. The first kappa shape index (κ1) is 20.0. The van der Waals surface area contributed by atoms with Gasteiger partial charge < -0.3 is 5.32 Å². The molecule has 0 saturated carbocycles. The molecule has 1 fully saturated rings. The topological polar surface area (TPSA) is 62.5 Å². The second kappa shape index (κ2) is 7.85. The summed E-state index contributed by atoms with van der Waals surface area (Å²) < 4.78 is 28.5. The van der Waals surface area contributed by atoms with Crippen LogP contribution in [0.1, 0.15) is 29.2 Å². The van der Waals surface area contributed by atoms with Crippen LogP contribution in [-0.4, -0.2) is 44.2 Å². The molecule has 1 amide bonds. The molecular weight excluding hydrogens is 423 g/mol. The van der Waals surface area contributed by atoms with Gasteiger partial charge in [0.1, 0.15) is 0 Å². The number of hydrogen-bond donors (Lipinski definition) is 1. The van der Waals surface area contributed by atoms with E-state index in [1.54, 1.807) is 16.7 Å². The van der Waals surface area contributed by atoms with Crippen LogP contribution < -0.4 is 5.32 Å². The van der Waals surface area contributed by atoms with Gasteiger partial charge >= 0.3 is 0 Å². The van der Waals surface area contributed by atoms with E-state index in [9.17, 15) is 13.6 Å². The molecule has 152 valence electrons. The first-order chi connectivity index (χ1) is 13.8. The Morgan fingerprint density at radius 2 is 2.00 bits per heavy atom. The molecule has 3 aromatic heterocycles. The molecule has 1 N–H and O–H groups in total. The average Bonchev–Trinajstić information content (AvgIpc) is 3.04. The van der Waals surface area contributed by atoms with Gasteiger partial charge in [-0.05, 0) is 18.2 Å². The predicted molar refractivity (Wildman–Crippen MR) is 107 cm³/mol. The Morgan fingerprint density at radius 3 is 2.72 bits per heavy atom. The number of alkyl halides is 2. The van der Waals surface area contributed by atoms with Crippen LogP contribution in [0.25, 0.3) is 5.52 Å². The smallest absolute Gasteiger partial charge is 0.293 e. The van der Waals surface area contributed by atoms with Crippen LogP contribution in [0.3, 0.4) is 0 Å². The van der Waals surface area contributed by atoms with E-state index in [0.29, 0.717) is 17.3 Å². The van der Waals surface area contributed by atoms with E-state index in [1.807, 2.05) is 17.0 Å². The summed E-state index contributed by atoms with van der Waals surface area (Å²) in [5.74, 6) is -2.76. The van der Waals surface area contributed by atoms with Crippen molar-refractivity contribution in [1.82, 2.24) is 19.3 Å². The van der Waals surface area contributed by atoms with Crippen LogP contribution in [-0.2, 0) is 6.54 Å². The first-order valence-electron chi connectivity index (χ1n) is 9.01. The molecule has 4 heterocycles. The Bertz CT molecular complexity index is 1060. The molecule has 1 saturated heterocycles. The molecule has 0 aliphatic carbocycles. The van der Waals surface area contributed by atoms with Crippen LogP contribution in [0.15, 0.2) is 36.7 Å². The Morgan fingerprint density at radius 1 is 1.24 bits per heavy atom. The second-order valence-corrected chi connectivity index (χ2v) is 7.75. The largest absolute Gasteiger partial charge is 0.303 e. The molecule has 0 aromatic carbocycles. The minimum Gasteiger partial charge on any atom is -0.303 e. The molecule has 0 radical (unpaired) electrons. The molecule has 0 unspecified atom stereocenters. The molecule has 10 heteroatoms. The van der Waals surface area contributed by atoms with Gasteiger partial charge in [-0.2, -0.15) is 0 Å². The highest BCUT2D eigenvalue weighted by molar-refractivity contribution is 6.36. The van der Waals surface area contributed by atoms with Crippen molar-refractivity contribution in [3.63, 3.8) is 0 Å². The van der Waals surface area contributed by atoms with E-state index >= 15 is 0 Å². The van der Waals surface area contributed by atoms with Gasteiger partial charge in [0.2, 0.25) is 5.82 Å². The van der Waals surface area contributed by atoms with Crippen molar-refractivity contribution >= 4 is 40.4 Å². The van der Waals surface area contributed by atoms with Crippen molar-refractivity contribution in [2.75, 3.05) is 18.4 Å². The summed E-state index contributed by atoms with van der Waals surface area (Å²) in [7, 11) is 0. The van der Waals surface area contributed by atoms with Gasteiger partial charge in [0.25, 0.3) is 11.8 Å². The molecule has 29 heavy (non-hydrogen) atoms. The minimum absolute atomic E-state index is 0.158. The Labute approximate surface area is 175 Å². The molecule has 0 atom stereocenters. The maximum atomic E-state index is 13.4. The number of aromatic nitrogens is 3. The normalized spacial score (nSPS) is 16.8. The minimum atomic E-state index is -2.61. The quantitative estimate of drug-likeness (QED) is 0.648. The van der Waals surface area contributed by atoms with Gasteiger partial charge in [-0.3, -0.25) is 14.1 Å². The lowest BCUT2D eigenvalue weighted by atomic mass is 10.1. The van der Waals surface area contributed by atoms with Gasteiger partial charge in [-0.25, -0.2) is 18.7 Å². The van der Waals surface area contributed by atoms with Gasteiger partial charge in [0.15, 0.2) is 5.82 Å². The monoisotopic (exact) mass is 439 g/mol. The molecule has 4 rings (SSSR count).